The van der Waals surface area contributed by atoms with Gasteiger partial charge in [0.1, 0.15) is 0 Å². The molecule has 0 aromatic heterocycles. The third-order valence-corrected chi connectivity index (χ3v) is 1.67. The molecule has 2 heteroatoms. The molecular formula is C9H13NO. The lowest BCUT2D eigenvalue weighted by molar-refractivity contribution is -0.117. The molecule has 0 bridgehead atoms. The summed E-state index contributed by atoms with van der Waals surface area (Å²) in [7, 11) is 0. The number of hydrogen-bond acceptors (Lipinski definition) is 1. The molecular weight excluding hydrogens is 138 g/mol. The van der Waals surface area contributed by atoms with Gasteiger partial charge in [0, 0.05) is 12.1 Å². The maximum atomic E-state index is 11.2. The molecule has 0 spiro atoms. The first-order valence-corrected chi connectivity index (χ1v) is 3.88. The fraction of sp³-hybridized carbons (Fsp3) is 0.444. The minimum absolute atomic E-state index is 0.0700. The molecule has 0 aromatic carbocycles. The van der Waals surface area contributed by atoms with E-state index in [-0.39, 0.29) is 5.91 Å². The Labute approximate surface area is 67.0 Å². The SMILES string of the molecule is CCNC(=O)C1=CC=C(C)C1. The van der Waals surface area contributed by atoms with E-state index in [0.29, 0.717) is 6.54 Å². The highest BCUT2D eigenvalue weighted by atomic mass is 16.1. The number of likely N-dealkylation sites (N-methyl/N-ethyl adjacent to an activating group) is 1. The number of rotatable bonds is 2. The van der Waals surface area contributed by atoms with Crippen LogP contribution < -0.4 is 5.32 Å². The van der Waals surface area contributed by atoms with E-state index in [1.165, 1.54) is 5.57 Å². The van der Waals surface area contributed by atoms with E-state index in [1.807, 2.05) is 26.0 Å². The van der Waals surface area contributed by atoms with Crippen LogP contribution in [0.3, 0.4) is 0 Å². The molecule has 0 radical (unpaired) electrons. The zero-order valence-corrected chi connectivity index (χ0v) is 6.98. The molecule has 2 nitrogen and oxygen atoms in total. The third-order valence-electron chi connectivity index (χ3n) is 1.67. The van der Waals surface area contributed by atoms with Gasteiger partial charge < -0.3 is 5.32 Å². The van der Waals surface area contributed by atoms with Crippen molar-refractivity contribution in [1.82, 2.24) is 5.32 Å². The van der Waals surface area contributed by atoms with Gasteiger partial charge in [-0.25, -0.2) is 0 Å². The van der Waals surface area contributed by atoms with E-state index in [0.717, 1.165) is 12.0 Å². The highest BCUT2D eigenvalue weighted by Gasteiger charge is 2.11. The van der Waals surface area contributed by atoms with Gasteiger partial charge >= 0.3 is 0 Å². The van der Waals surface area contributed by atoms with Gasteiger partial charge in [-0.1, -0.05) is 17.7 Å². The zero-order valence-electron chi connectivity index (χ0n) is 6.98. The monoisotopic (exact) mass is 151 g/mol. The number of carbonyl (C=O) groups excluding carboxylic acids is 1. The van der Waals surface area contributed by atoms with Gasteiger partial charge in [0.25, 0.3) is 0 Å². The first-order chi connectivity index (χ1) is 5.24. The van der Waals surface area contributed by atoms with Crippen molar-refractivity contribution < 1.29 is 4.79 Å². The Hall–Kier alpha value is -1.05. The second-order valence-corrected chi connectivity index (χ2v) is 2.74. The molecule has 1 aliphatic rings. The van der Waals surface area contributed by atoms with Gasteiger partial charge in [-0.15, -0.1) is 0 Å². The summed E-state index contributed by atoms with van der Waals surface area (Å²) < 4.78 is 0. The summed E-state index contributed by atoms with van der Waals surface area (Å²) >= 11 is 0. The summed E-state index contributed by atoms with van der Waals surface area (Å²) in [6.45, 7) is 4.66. The predicted octanol–water partition coefficient (Wildman–Crippen LogP) is 1.40. The topological polar surface area (TPSA) is 29.1 Å². The standard InChI is InChI=1S/C9H13NO/c1-3-10-9(11)8-5-4-7(2)6-8/h4-5H,3,6H2,1-2H3,(H,10,11). The Balaban J connectivity index is 2.47. The van der Waals surface area contributed by atoms with Gasteiger partial charge in [-0.05, 0) is 20.3 Å². The van der Waals surface area contributed by atoms with Crippen LogP contribution in [0.1, 0.15) is 20.3 Å². The smallest absolute Gasteiger partial charge is 0.247 e. The summed E-state index contributed by atoms with van der Waals surface area (Å²) in [4.78, 5) is 11.2. The van der Waals surface area contributed by atoms with Crippen molar-refractivity contribution in [3.8, 4) is 0 Å². The number of hydrogen-bond donors (Lipinski definition) is 1. The largest absolute Gasteiger partial charge is 0.353 e. The second-order valence-electron chi connectivity index (χ2n) is 2.74. The van der Waals surface area contributed by atoms with E-state index in [4.69, 9.17) is 0 Å². The average Bonchev–Trinajstić information content (AvgIpc) is 2.36. The Morgan fingerprint density at radius 1 is 1.64 bits per heavy atom. The molecule has 0 saturated carbocycles. The van der Waals surface area contributed by atoms with E-state index >= 15 is 0 Å². The van der Waals surface area contributed by atoms with Crippen LogP contribution in [0.25, 0.3) is 0 Å². The van der Waals surface area contributed by atoms with Crippen molar-refractivity contribution in [2.75, 3.05) is 6.54 Å². The first kappa shape index (κ1) is 8.05. The van der Waals surface area contributed by atoms with Crippen molar-refractivity contribution >= 4 is 5.91 Å². The number of carbonyl (C=O) groups is 1. The van der Waals surface area contributed by atoms with Crippen molar-refractivity contribution in [1.29, 1.82) is 0 Å². The fourth-order valence-electron chi connectivity index (χ4n) is 1.09. The summed E-state index contributed by atoms with van der Waals surface area (Å²) in [5, 5.41) is 2.77. The van der Waals surface area contributed by atoms with E-state index in [2.05, 4.69) is 5.32 Å². The molecule has 0 aromatic rings. The van der Waals surface area contributed by atoms with Gasteiger partial charge in [0.2, 0.25) is 5.91 Å². The lowest BCUT2D eigenvalue weighted by atomic mass is 10.1. The van der Waals surface area contributed by atoms with E-state index in [9.17, 15) is 4.79 Å². The molecule has 1 N–H and O–H groups in total. The molecule has 0 unspecified atom stereocenters. The van der Waals surface area contributed by atoms with Crippen LogP contribution in [0.2, 0.25) is 0 Å². The lowest BCUT2D eigenvalue weighted by Gasteiger charge is -2.01. The highest BCUT2D eigenvalue weighted by Crippen LogP contribution is 2.17. The maximum Gasteiger partial charge on any atom is 0.247 e. The van der Waals surface area contributed by atoms with Crippen LogP contribution in [0.15, 0.2) is 23.3 Å². The molecule has 0 aliphatic heterocycles. The van der Waals surface area contributed by atoms with Crippen LogP contribution in [0.5, 0.6) is 0 Å². The minimum Gasteiger partial charge on any atom is -0.353 e. The van der Waals surface area contributed by atoms with Gasteiger partial charge in [-0.2, -0.15) is 0 Å². The number of allylic oxidation sites excluding steroid dienone is 3. The highest BCUT2D eigenvalue weighted by molar-refractivity contribution is 5.94. The fourth-order valence-corrected chi connectivity index (χ4v) is 1.09. The Kier molecular flexibility index (Phi) is 2.47. The van der Waals surface area contributed by atoms with Crippen molar-refractivity contribution in [2.45, 2.75) is 20.3 Å². The molecule has 60 valence electrons. The van der Waals surface area contributed by atoms with Gasteiger partial charge in [0.15, 0.2) is 0 Å². The molecule has 11 heavy (non-hydrogen) atoms. The summed E-state index contributed by atoms with van der Waals surface area (Å²) in [6, 6.07) is 0. The first-order valence-electron chi connectivity index (χ1n) is 3.88. The summed E-state index contributed by atoms with van der Waals surface area (Å²) in [5.41, 5.74) is 2.13. The Morgan fingerprint density at radius 2 is 2.36 bits per heavy atom. The second kappa shape index (κ2) is 3.37. The van der Waals surface area contributed by atoms with Crippen LogP contribution >= 0.6 is 0 Å². The third kappa shape index (κ3) is 1.93. The molecule has 0 saturated heterocycles. The summed E-state index contributed by atoms with van der Waals surface area (Å²) in [5.74, 6) is 0.0700. The van der Waals surface area contributed by atoms with Crippen molar-refractivity contribution in [3.63, 3.8) is 0 Å². The Bertz CT molecular complexity index is 226. The number of nitrogens with one attached hydrogen (secondary N) is 1. The molecule has 1 aliphatic carbocycles. The molecule has 1 rings (SSSR count). The molecule has 1 amide bonds. The van der Waals surface area contributed by atoms with Gasteiger partial charge in [-0.3, -0.25) is 4.79 Å². The lowest BCUT2D eigenvalue weighted by Crippen LogP contribution is -2.23. The maximum absolute atomic E-state index is 11.2. The normalized spacial score (nSPS) is 15.8. The quantitative estimate of drug-likeness (QED) is 0.635. The number of amides is 1. The average molecular weight is 151 g/mol. The van der Waals surface area contributed by atoms with E-state index < -0.39 is 0 Å². The van der Waals surface area contributed by atoms with Gasteiger partial charge in [0.05, 0.1) is 0 Å². The van der Waals surface area contributed by atoms with Crippen LogP contribution in [0.4, 0.5) is 0 Å². The molecule has 0 atom stereocenters. The van der Waals surface area contributed by atoms with Crippen LogP contribution in [-0.4, -0.2) is 12.5 Å². The van der Waals surface area contributed by atoms with Crippen molar-refractivity contribution in [3.05, 3.63) is 23.3 Å². The van der Waals surface area contributed by atoms with Crippen LogP contribution in [0, 0.1) is 0 Å². The zero-order chi connectivity index (χ0) is 8.27. The summed E-state index contributed by atoms with van der Waals surface area (Å²) in [6.07, 6.45) is 4.69. The van der Waals surface area contributed by atoms with Crippen LogP contribution in [-0.2, 0) is 4.79 Å². The molecule has 0 fully saturated rings. The van der Waals surface area contributed by atoms with Crippen molar-refractivity contribution in [2.24, 2.45) is 0 Å². The predicted molar refractivity (Wildman–Crippen MR) is 45.1 cm³/mol. The van der Waals surface area contributed by atoms with E-state index in [1.54, 1.807) is 0 Å². The Morgan fingerprint density at radius 3 is 2.82 bits per heavy atom. The molecule has 0 heterocycles. The minimum atomic E-state index is 0.0700.